The molecule has 2 rings (SSSR count). The van der Waals surface area contributed by atoms with Crippen molar-refractivity contribution in [2.45, 2.75) is 12.0 Å². The minimum Gasteiger partial charge on any atom is -0.398 e. The molecule has 2 heterocycles. The number of hydrogen-bond donors (Lipinski definition) is 2. The Kier molecular flexibility index (Phi) is 3.78. The van der Waals surface area contributed by atoms with E-state index in [1.54, 1.807) is 19.4 Å². The number of hydrogen-bond acceptors (Lipinski definition) is 5. The number of carbonyl (C=O) groups is 1. The first-order valence-corrected chi connectivity index (χ1v) is 5.77. The van der Waals surface area contributed by atoms with Crippen LogP contribution in [0.15, 0.2) is 18.5 Å². The summed E-state index contributed by atoms with van der Waals surface area (Å²) in [4.78, 5) is 15.8. The van der Waals surface area contributed by atoms with Crippen LogP contribution in [0.25, 0.3) is 0 Å². The molecule has 1 aromatic rings. The molecule has 6 nitrogen and oxygen atoms in total. The van der Waals surface area contributed by atoms with Gasteiger partial charge in [-0.3, -0.25) is 9.78 Å². The molecule has 3 N–H and O–H groups in total. The summed E-state index contributed by atoms with van der Waals surface area (Å²) >= 11 is 0. The topological polar surface area (TPSA) is 86.5 Å². The largest absolute Gasteiger partial charge is 0.398 e. The van der Waals surface area contributed by atoms with Gasteiger partial charge in [0.25, 0.3) is 5.91 Å². The molecule has 1 atom stereocenters. The van der Waals surface area contributed by atoms with Gasteiger partial charge in [0.2, 0.25) is 0 Å². The monoisotopic (exact) mass is 251 g/mol. The van der Waals surface area contributed by atoms with Crippen LogP contribution in [0.2, 0.25) is 0 Å². The van der Waals surface area contributed by atoms with Crippen LogP contribution in [0, 0.1) is 0 Å². The Bertz CT molecular complexity index is 430. The number of nitrogen functional groups attached to an aromatic ring is 1. The van der Waals surface area contributed by atoms with Gasteiger partial charge < -0.3 is 20.5 Å². The molecule has 1 saturated heterocycles. The lowest BCUT2D eigenvalue weighted by atomic mass is 10.0. The number of anilines is 1. The van der Waals surface area contributed by atoms with E-state index in [1.807, 2.05) is 0 Å². The average Bonchev–Trinajstić information content (AvgIpc) is 2.86. The van der Waals surface area contributed by atoms with E-state index in [1.165, 1.54) is 6.20 Å². The molecule has 98 valence electrons. The Morgan fingerprint density at radius 2 is 2.56 bits per heavy atom. The zero-order valence-corrected chi connectivity index (χ0v) is 10.3. The summed E-state index contributed by atoms with van der Waals surface area (Å²) in [6.07, 6.45) is 3.77. The van der Waals surface area contributed by atoms with E-state index >= 15 is 0 Å². The second-order valence-corrected chi connectivity index (χ2v) is 4.34. The fourth-order valence-electron chi connectivity index (χ4n) is 1.89. The molecule has 1 aliphatic rings. The molecule has 0 bridgehead atoms. The Labute approximate surface area is 105 Å². The van der Waals surface area contributed by atoms with Gasteiger partial charge in [0, 0.05) is 44.8 Å². The number of carbonyl (C=O) groups excluding carboxylic acids is 1. The smallest absolute Gasteiger partial charge is 0.255 e. The predicted octanol–water partition coefficient (Wildman–Crippen LogP) is 0.199. The van der Waals surface area contributed by atoms with Gasteiger partial charge in [-0.05, 0) is 6.07 Å². The molecule has 0 radical (unpaired) electrons. The molecule has 0 spiro atoms. The number of rotatable bonds is 4. The minimum absolute atomic E-state index is 0.246. The number of amides is 1. The first kappa shape index (κ1) is 12.8. The maximum atomic E-state index is 12.0. The third-order valence-corrected chi connectivity index (χ3v) is 3.17. The maximum absolute atomic E-state index is 12.0. The highest BCUT2D eigenvalue weighted by atomic mass is 16.5. The fourth-order valence-corrected chi connectivity index (χ4v) is 1.89. The van der Waals surface area contributed by atoms with E-state index in [-0.39, 0.29) is 5.91 Å². The fraction of sp³-hybridized carbons (Fsp3) is 0.500. The summed E-state index contributed by atoms with van der Waals surface area (Å²) < 4.78 is 10.7. The van der Waals surface area contributed by atoms with Crippen molar-refractivity contribution in [1.29, 1.82) is 0 Å². The van der Waals surface area contributed by atoms with E-state index in [9.17, 15) is 4.79 Å². The number of nitrogens with one attached hydrogen (secondary N) is 1. The van der Waals surface area contributed by atoms with E-state index in [0.29, 0.717) is 31.0 Å². The quantitative estimate of drug-likeness (QED) is 0.798. The average molecular weight is 251 g/mol. The zero-order valence-electron chi connectivity index (χ0n) is 10.3. The molecule has 1 aromatic heterocycles. The Balaban J connectivity index is 1.98. The van der Waals surface area contributed by atoms with Crippen LogP contribution in [0.3, 0.4) is 0 Å². The Morgan fingerprint density at radius 3 is 3.17 bits per heavy atom. The summed E-state index contributed by atoms with van der Waals surface area (Å²) in [6.45, 7) is 1.54. The predicted molar refractivity (Wildman–Crippen MR) is 66.2 cm³/mol. The van der Waals surface area contributed by atoms with Crippen molar-refractivity contribution in [3.05, 3.63) is 24.0 Å². The molecule has 0 saturated carbocycles. The number of nitrogens with zero attached hydrogens (tertiary/aromatic N) is 1. The third kappa shape index (κ3) is 2.60. The lowest BCUT2D eigenvalue weighted by molar-refractivity contribution is -0.0148. The molecular weight excluding hydrogens is 234 g/mol. The summed E-state index contributed by atoms with van der Waals surface area (Å²) in [5.41, 5.74) is 6.08. The van der Waals surface area contributed by atoms with Crippen LogP contribution in [-0.2, 0) is 9.47 Å². The minimum atomic E-state index is -0.424. The molecule has 0 aromatic carbocycles. The Morgan fingerprint density at radius 1 is 1.72 bits per heavy atom. The third-order valence-electron chi connectivity index (χ3n) is 3.17. The van der Waals surface area contributed by atoms with E-state index < -0.39 is 5.60 Å². The van der Waals surface area contributed by atoms with Gasteiger partial charge >= 0.3 is 0 Å². The molecule has 0 aliphatic carbocycles. The van der Waals surface area contributed by atoms with Gasteiger partial charge in [-0.15, -0.1) is 0 Å². The molecule has 1 amide bonds. The van der Waals surface area contributed by atoms with Crippen LogP contribution in [0.5, 0.6) is 0 Å². The first-order valence-electron chi connectivity index (χ1n) is 5.77. The van der Waals surface area contributed by atoms with Crippen LogP contribution in [0.1, 0.15) is 16.8 Å². The number of methoxy groups -OCH3 is 1. The Hall–Kier alpha value is -1.66. The number of nitrogens with two attached hydrogens (primary N) is 1. The summed E-state index contributed by atoms with van der Waals surface area (Å²) in [7, 11) is 1.62. The molecule has 1 unspecified atom stereocenters. The van der Waals surface area contributed by atoms with Crippen LogP contribution in [-0.4, -0.2) is 43.4 Å². The standard InChI is InChI=1S/C12H17N3O3/c1-17-12(3-5-18-8-12)7-15-11(16)9-6-14-4-2-10(9)13/h2,4,6H,3,5,7-8H2,1H3,(H2,13,14)(H,15,16). The van der Waals surface area contributed by atoms with Gasteiger partial charge in [-0.25, -0.2) is 0 Å². The van der Waals surface area contributed by atoms with E-state index in [2.05, 4.69) is 10.3 Å². The van der Waals surface area contributed by atoms with E-state index in [4.69, 9.17) is 15.2 Å². The van der Waals surface area contributed by atoms with Crippen molar-refractivity contribution in [1.82, 2.24) is 10.3 Å². The van der Waals surface area contributed by atoms with Crippen molar-refractivity contribution < 1.29 is 14.3 Å². The molecule has 1 aliphatic heterocycles. The first-order chi connectivity index (χ1) is 8.67. The summed E-state index contributed by atoms with van der Waals surface area (Å²) in [6, 6.07) is 1.60. The second kappa shape index (κ2) is 5.32. The van der Waals surface area contributed by atoms with Crippen molar-refractivity contribution >= 4 is 11.6 Å². The zero-order chi connectivity index (χ0) is 13.0. The van der Waals surface area contributed by atoms with Crippen molar-refractivity contribution in [3.63, 3.8) is 0 Å². The molecule has 6 heteroatoms. The lowest BCUT2D eigenvalue weighted by Crippen LogP contribution is -2.45. The number of aromatic nitrogens is 1. The van der Waals surface area contributed by atoms with Gasteiger partial charge in [-0.1, -0.05) is 0 Å². The second-order valence-electron chi connectivity index (χ2n) is 4.34. The van der Waals surface area contributed by atoms with Gasteiger partial charge in [0.05, 0.1) is 12.2 Å². The summed E-state index contributed by atoms with van der Waals surface area (Å²) in [5.74, 6) is -0.246. The molecule has 18 heavy (non-hydrogen) atoms. The van der Waals surface area contributed by atoms with Crippen molar-refractivity contribution in [2.24, 2.45) is 0 Å². The molecular formula is C12H17N3O3. The van der Waals surface area contributed by atoms with Crippen LogP contribution >= 0.6 is 0 Å². The van der Waals surface area contributed by atoms with Gasteiger partial charge in [0.1, 0.15) is 5.60 Å². The van der Waals surface area contributed by atoms with Crippen molar-refractivity contribution in [3.8, 4) is 0 Å². The van der Waals surface area contributed by atoms with Gasteiger partial charge in [0.15, 0.2) is 0 Å². The molecule has 1 fully saturated rings. The number of pyridine rings is 1. The van der Waals surface area contributed by atoms with Gasteiger partial charge in [-0.2, -0.15) is 0 Å². The SMILES string of the molecule is COC1(CNC(=O)c2cnccc2N)CCOC1. The highest BCUT2D eigenvalue weighted by Gasteiger charge is 2.35. The number of ether oxygens (including phenoxy) is 2. The normalized spacial score (nSPS) is 22.9. The highest BCUT2D eigenvalue weighted by molar-refractivity contribution is 5.98. The van der Waals surface area contributed by atoms with Crippen molar-refractivity contribution in [2.75, 3.05) is 32.6 Å². The van der Waals surface area contributed by atoms with E-state index in [0.717, 1.165) is 6.42 Å². The summed E-state index contributed by atoms with van der Waals surface area (Å²) in [5, 5.41) is 2.81. The lowest BCUT2D eigenvalue weighted by Gasteiger charge is -2.25. The highest BCUT2D eigenvalue weighted by Crippen LogP contribution is 2.21. The van der Waals surface area contributed by atoms with Crippen LogP contribution in [0.4, 0.5) is 5.69 Å². The van der Waals surface area contributed by atoms with Crippen LogP contribution < -0.4 is 11.1 Å². The maximum Gasteiger partial charge on any atom is 0.255 e.